The third kappa shape index (κ3) is 3.75. The van der Waals surface area contributed by atoms with Crippen molar-refractivity contribution in [3.8, 4) is 0 Å². The Balaban J connectivity index is 1.96. The van der Waals surface area contributed by atoms with Gasteiger partial charge in [0.2, 0.25) is 5.56 Å². The van der Waals surface area contributed by atoms with Crippen molar-refractivity contribution in [1.82, 2.24) is 10.3 Å². The van der Waals surface area contributed by atoms with Gasteiger partial charge in [0, 0.05) is 17.8 Å². The fraction of sp³-hybridized carbons (Fsp3) is 0. The summed E-state index contributed by atoms with van der Waals surface area (Å²) in [4.78, 5) is 25.2. The van der Waals surface area contributed by atoms with Crippen molar-refractivity contribution >= 4 is 28.9 Å². The summed E-state index contributed by atoms with van der Waals surface area (Å²) < 4.78 is 0. The van der Waals surface area contributed by atoms with Crippen molar-refractivity contribution in [3.05, 3.63) is 64.6 Å². The van der Waals surface area contributed by atoms with E-state index in [1.807, 2.05) is 6.07 Å². The molecular formula is C13H11N3O2S. The van der Waals surface area contributed by atoms with Gasteiger partial charge in [-0.15, -0.1) is 0 Å². The lowest BCUT2D eigenvalue weighted by Crippen LogP contribution is -2.34. The van der Waals surface area contributed by atoms with Crippen LogP contribution in [0.3, 0.4) is 0 Å². The van der Waals surface area contributed by atoms with Crippen LogP contribution in [0.4, 0.5) is 5.69 Å². The highest BCUT2D eigenvalue weighted by Gasteiger charge is 2.06. The lowest BCUT2D eigenvalue weighted by atomic mass is 10.2. The van der Waals surface area contributed by atoms with Crippen LogP contribution in [0.2, 0.25) is 0 Å². The normalized spacial score (nSPS) is 9.68. The summed E-state index contributed by atoms with van der Waals surface area (Å²) in [5, 5.41) is 5.52. The molecule has 0 fully saturated rings. The molecule has 2 aromatic rings. The van der Waals surface area contributed by atoms with E-state index in [1.165, 1.54) is 12.3 Å². The third-order valence-corrected chi connectivity index (χ3v) is 2.51. The van der Waals surface area contributed by atoms with Crippen LogP contribution in [0.15, 0.2) is 53.5 Å². The largest absolute Gasteiger partial charge is 0.331 e. The van der Waals surface area contributed by atoms with Gasteiger partial charge in [0.1, 0.15) is 0 Å². The number of carbonyl (C=O) groups is 1. The second-order valence-electron chi connectivity index (χ2n) is 3.72. The minimum atomic E-state index is -0.289. The molecule has 6 heteroatoms. The molecule has 1 aromatic carbocycles. The average molecular weight is 273 g/mol. The van der Waals surface area contributed by atoms with Crippen LogP contribution >= 0.6 is 12.2 Å². The van der Waals surface area contributed by atoms with Crippen molar-refractivity contribution < 1.29 is 4.79 Å². The summed E-state index contributed by atoms with van der Waals surface area (Å²) >= 11 is 5.01. The molecule has 5 nitrogen and oxygen atoms in total. The zero-order chi connectivity index (χ0) is 13.7. The molecule has 1 heterocycles. The number of rotatable bonds is 2. The number of aromatic nitrogens is 1. The van der Waals surface area contributed by atoms with Crippen LogP contribution in [0.25, 0.3) is 0 Å². The number of H-pyrrole nitrogens is 1. The molecule has 1 amide bonds. The number of nitrogens with one attached hydrogen (secondary N) is 3. The Kier molecular flexibility index (Phi) is 4.04. The molecule has 19 heavy (non-hydrogen) atoms. The first-order valence-electron chi connectivity index (χ1n) is 5.51. The molecule has 96 valence electrons. The van der Waals surface area contributed by atoms with E-state index in [0.29, 0.717) is 11.3 Å². The number of aromatic amines is 1. The molecule has 0 atom stereocenters. The zero-order valence-corrected chi connectivity index (χ0v) is 10.7. The molecule has 0 unspecified atom stereocenters. The van der Waals surface area contributed by atoms with Gasteiger partial charge in [0.15, 0.2) is 5.11 Å². The monoisotopic (exact) mass is 273 g/mol. The number of thiocarbonyl (C=S) groups is 1. The first kappa shape index (κ1) is 13.0. The van der Waals surface area contributed by atoms with E-state index in [1.54, 1.807) is 30.3 Å². The molecule has 0 saturated carbocycles. The van der Waals surface area contributed by atoms with Gasteiger partial charge in [-0.2, -0.15) is 0 Å². The fourth-order valence-corrected chi connectivity index (χ4v) is 1.63. The SMILES string of the molecule is O=C(NC(=S)Nc1ccc(=O)[nH]c1)c1ccccc1. The van der Waals surface area contributed by atoms with E-state index in [4.69, 9.17) is 12.2 Å². The molecule has 0 spiro atoms. The van der Waals surface area contributed by atoms with Gasteiger partial charge >= 0.3 is 0 Å². The van der Waals surface area contributed by atoms with Crippen LogP contribution < -0.4 is 16.2 Å². The number of pyridine rings is 1. The Hall–Kier alpha value is -2.47. The Morgan fingerprint density at radius 2 is 1.84 bits per heavy atom. The highest BCUT2D eigenvalue weighted by molar-refractivity contribution is 7.80. The molecule has 1 aromatic heterocycles. The second kappa shape index (κ2) is 5.92. The number of hydrogen-bond acceptors (Lipinski definition) is 3. The molecular weight excluding hydrogens is 262 g/mol. The van der Waals surface area contributed by atoms with Crippen molar-refractivity contribution in [3.63, 3.8) is 0 Å². The van der Waals surface area contributed by atoms with E-state index >= 15 is 0 Å². The van der Waals surface area contributed by atoms with E-state index < -0.39 is 0 Å². The van der Waals surface area contributed by atoms with Crippen LogP contribution in [0, 0.1) is 0 Å². The molecule has 3 N–H and O–H groups in total. The summed E-state index contributed by atoms with van der Waals surface area (Å²) in [5.41, 5.74) is 0.913. The maximum Gasteiger partial charge on any atom is 0.257 e. The highest BCUT2D eigenvalue weighted by Crippen LogP contribution is 2.01. The number of carbonyl (C=O) groups excluding carboxylic acids is 1. The van der Waals surface area contributed by atoms with Crippen molar-refractivity contribution in [2.75, 3.05) is 5.32 Å². The minimum absolute atomic E-state index is 0.168. The summed E-state index contributed by atoms with van der Waals surface area (Å²) in [7, 11) is 0. The van der Waals surface area contributed by atoms with Crippen LogP contribution in [0.1, 0.15) is 10.4 Å². The Morgan fingerprint density at radius 1 is 1.11 bits per heavy atom. The topological polar surface area (TPSA) is 74.0 Å². The van der Waals surface area contributed by atoms with Gasteiger partial charge in [-0.25, -0.2) is 0 Å². The summed E-state index contributed by atoms with van der Waals surface area (Å²) in [6, 6.07) is 11.7. The van der Waals surface area contributed by atoms with E-state index in [-0.39, 0.29) is 16.6 Å². The maximum absolute atomic E-state index is 11.8. The molecule has 0 radical (unpaired) electrons. The summed E-state index contributed by atoms with van der Waals surface area (Å²) in [5.74, 6) is -0.289. The molecule has 0 bridgehead atoms. The minimum Gasteiger partial charge on any atom is -0.331 e. The quantitative estimate of drug-likeness (QED) is 0.725. The number of anilines is 1. The van der Waals surface area contributed by atoms with E-state index in [9.17, 15) is 9.59 Å². The van der Waals surface area contributed by atoms with Crippen molar-refractivity contribution in [2.24, 2.45) is 0 Å². The smallest absolute Gasteiger partial charge is 0.257 e. The average Bonchev–Trinajstić information content (AvgIpc) is 2.42. The van der Waals surface area contributed by atoms with E-state index in [2.05, 4.69) is 15.6 Å². The third-order valence-electron chi connectivity index (χ3n) is 2.31. The lowest BCUT2D eigenvalue weighted by molar-refractivity contribution is 0.0978. The predicted octanol–water partition coefficient (Wildman–Crippen LogP) is 1.50. The number of hydrogen-bond donors (Lipinski definition) is 3. The molecule has 0 saturated heterocycles. The van der Waals surface area contributed by atoms with Gasteiger partial charge < -0.3 is 10.3 Å². The second-order valence-corrected chi connectivity index (χ2v) is 4.12. The maximum atomic E-state index is 11.8. The molecule has 2 rings (SSSR count). The van der Waals surface area contributed by atoms with Crippen molar-refractivity contribution in [2.45, 2.75) is 0 Å². The number of amides is 1. The predicted molar refractivity (Wildman–Crippen MR) is 77.2 cm³/mol. The molecule has 0 aliphatic rings. The van der Waals surface area contributed by atoms with E-state index in [0.717, 1.165) is 0 Å². The standard InChI is InChI=1S/C13H11N3O2S/c17-11-7-6-10(8-14-11)15-13(19)16-12(18)9-4-2-1-3-5-9/h1-8H,(H,14,17)(H2,15,16,18,19). The zero-order valence-electron chi connectivity index (χ0n) is 9.84. The van der Waals surface area contributed by atoms with Gasteiger partial charge in [-0.05, 0) is 30.4 Å². The summed E-state index contributed by atoms with van der Waals surface area (Å²) in [6.07, 6.45) is 1.48. The first-order chi connectivity index (χ1) is 9.15. The first-order valence-corrected chi connectivity index (χ1v) is 5.92. The van der Waals surface area contributed by atoms with Crippen LogP contribution in [0.5, 0.6) is 0 Å². The van der Waals surface area contributed by atoms with Gasteiger partial charge in [-0.1, -0.05) is 18.2 Å². The Bertz CT molecular complexity index is 632. The number of benzene rings is 1. The summed E-state index contributed by atoms with van der Waals surface area (Å²) in [6.45, 7) is 0. The molecule has 0 aliphatic heterocycles. The molecule has 0 aliphatic carbocycles. The van der Waals surface area contributed by atoms with Gasteiger partial charge in [-0.3, -0.25) is 14.9 Å². The van der Waals surface area contributed by atoms with Gasteiger partial charge in [0.05, 0.1) is 5.69 Å². The Labute approximate surface area is 114 Å². The van der Waals surface area contributed by atoms with Crippen LogP contribution in [-0.2, 0) is 0 Å². The van der Waals surface area contributed by atoms with Crippen molar-refractivity contribution in [1.29, 1.82) is 0 Å². The Morgan fingerprint density at radius 3 is 2.47 bits per heavy atom. The van der Waals surface area contributed by atoms with Gasteiger partial charge in [0.25, 0.3) is 5.91 Å². The fourth-order valence-electron chi connectivity index (χ4n) is 1.42. The lowest BCUT2D eigenvalue weighted by Gasteiger charge is -2.08. The highest BCUT2D eigenvalue weighted by atomic mass is 32.1. The van der Waals surface area contributed by atoms with Crippen LogP contribution in [-0.4, -0.2) is 16.0 Å².